The molecule has 0 unspecified atom stereocenters. The highest BCUT2D eigenvalue weighted by Gasteiger charge is 2.67. The van der Waals surface area contributed by atoms with Crippen LogP contribution in [0, 0.1) is 27.6 Å². The minimum absolute atomic E-state index is 0.109. The van der Waals surface area contributed by atoms with Gasteiger partial charge in [-0.1, -0.05) is 27.7 Å². The van der Waals surface area contributed by atoms with Gasteiger partial charge < -0.3 is 15.3 Å². The maximum atomic E-state index is 13.3. The molecule has 5 rings (SSSR count). The summed E-state index contributed by atoms with van der Waals surface area (Å²) >= 11 is 0. The quantitative estimate of drug-likeness (QED) is 0.456. The van der Waals surface area contributed by atoms with Crippen LogP contribution in [0.2, 0.25) is 0 Å². The highest BCUT2D eigenvalue weighted by atomic mass is 16.4. The second kappa shape index (κ2) is 6.43. The van der Waals surface area contributed by atoms with Crippen molar-refractivity contribution < 1.29 is 24.9 Å². The summed E-state index contributed by atoms with van der Waals surface area (Å²) in [5.41, 5.74) is 1.02. The SMILES string of the molecule is C[C@@]1(C(=O)O)CC[C@]2(C)CC[C@]3(C)C4=CC(=O)c5cc(O)c(O)cc5[C@@]4(C)CC[C@]3(C)[C@@H]2C1. The van der Waals surface area contributed by atoms with Crippen molar-refractivity contribution in [2.45, 2.75) is 85.0 Å². The molecule has 3 N–H and O–H groups in total. The van der Waals surface area contributed by atoms with Gasteiger partial charge in [0.1, 0.15) is 0 Å². The lowest BCUT2D eigenvalue weighted by Crippen LogP contribution is -2.62. The molecule has 4 aliphatic carbocycles. The Morgan fingerprint density at radius 1 is 0.909 bits per heavy atom. The van der Waals surface area contributed by atoms with E-state index in [2.05, 4.69) is 27.7 Å². The normalized spacial score (nSPS) is 44.1. The average molecular weight is 453 g/mol. The van der Waals surface area contributed by atoms with Gasteiger partial charge in [0.2, 0.25) is 0 Å². The van der Waals surface area contributed by atoms with E-state index < -0.39 is 16.8 Å². The van der Waals surface area contributed by atoms with E-state index in [0.717, 1.165) is 49.7 Å². The number of aliphatic carboxylic acids is 1. The topological polar surface area (TPSA) is 94.8 Å². The molecule has 178 valence electrons. The first kappa shape index (κ1) is 22.5. The Kier molecular flexibility index (Phi) is 4.38. The molecular weight excluding hydrogens is 416 g/mol. The van der Waals surface area contributed by atoms with Crippen molar-refractivity contribution in [2.75, 3.05) is 0 Å². The van der Waals surface area contributed by atoms with Crippen LogP contribution in [0.15, 0.2) is 23.8 Å². The van der Waals surface area contributed by atoms with Crippen LogP contribution in [0.4, 0.5) is 0 Å². The maximum Gasteiger partial charge on any atom is 0.309 e. The molecule has 33 heavy (non-hydrogen) atoms. The number of hydrogen-bond donors (Lipinski definition) is 3. The third-order valence-electron chi connectivity index (χ3n) is 11.1. The number of benzene rings is 1. The number of fused-ring (bicyclic) bond motifs is 7. The van der Waals surface area contributed by atoms with Crippen LogP contribution < -0.4 is 0 Å². The van der Waals surface area contributed by atoms with Crippen molar-refractivity contribution in [2.24, 2.45) is 27.6 Å². The van der Waals surface area contributed by atoms with Crippen LogP contribution in [-0.4, -0.2) is 27.1 Å². The molecule has 0 aromatic heterocycles. The van der Waals surface area contributed by atoms with Crippen molar-refractivity contribution in [3.63, 3.8) is 0 Å². The fourth-order valence-electron chi connectivity index (χ4n) is 8.42. The van der Waals surface area contributed by atoms with Crippen LogP contribution in [0.3, 0.4) is 0 Å². The molecule has 0 heterocycles. The van der Waals surface area contributed by atoms with Crippen LogP contribution in [0.25, 0.3) is 0 Å². The predicted molar refractivity (Wildman–Crippen MR) is 125 cm³/mol. The zero-order valence-corrected chi connectivity index (χ0v) is 20.4. The molecular formula is C28H36O5. The number of aromatic hydroxyl groups is 2. The van der Waals surface area contributed by atoms with Crippen LogP contribution in [0.5, 0.6) is 11.5 Å². The Labute approximate surface area is 195 Å². The number of carbonyl (C=O) groups excluding carboxylic acids is 1. The lowest BCUT2D eigenvalue weighted by Gasteiger charge is -2.69. The molecule has 0 saturated heterocycles. The first-order valence-corrected chi connectivity index (χ1v) is 12.3. The van der Waals surface area contributed by atoms with Crippen molar-refractivity contribution >= 4 is 11.8 Å². The summed E-state index contributed by atoms with van der Waals surface area (Å²) in [6.07, 6.45) is 7.87. The fraction of sp³-hybridized carbons (Fsp3) is 0.643. The van der Waals surface area contributed by atoms with E-state index in [-0.39, 0.29) is 39.4 Å². The van der Waals surface area contributed by atoms with Gasteiger partial charge in [-0.05, 0) is 103 Å². The molecule has 0 aliphatic heterocycles. The van der Waals surface area contributed by atoms with Gasteiger partial charge in [0, 0.05) is 11.0 Å². The first-order chi connectivity index (χ1) is 15.2. The molecule has 0 spiro atoms. The van der Waals surface area contributed by atoms with E-state index in [1.807, 2.05) is 6.92 Å². The number of allylic oxidation sites excluding steroid dienone is 2. The number of carbonyl (C=O) groups is 2. The van der Waals surface area contributed by atoms with E-state index >= 15 is 0 Å². The zero-order valence-electron chi connectivity index (χ0n) is 20.4. The highest BCUT2D eigenvalue weighted by molar-refractivity contribution is 6.09. The number of rotatable bonds is 1. The van der Waals surface area contributed by atoms with Gasteiger partial charge in [0.15, 0.2) is 17.3 Å². The number of phenolic OH excluding ortho intramolecular Hbond substituents is 2. The largest absolute Gasteiger partial charge is 0.504 e. The number of phenols is 2. The minimum atomic E-state index is -0.709. The van der Waals surface area contributed by atoms with Gasteiger partial charge in [-0.25, -0.2) is 0 Å². The van der Waals surface area contributed by atoms with Crippen molar-refractivity contribution in [1.82, 2.24) is 0 Å². The van der Waals surface area contributed by atoms with Gasteiger partial charge in [0.05, 0.1) is 5.41 Å². The molecule has 4 aliphatic rings. The summed E-state index contributed by atoms with van der Waals surface area (Å²) in [6, 6.07) is 2.98. The van der Waals surface area contributed by atoms with Gasteiger partial charge >= 0.3 is 5.97 Å². The molecule has 0 bridgehead atoms. The van der Waals surface area contributed by atoms with Crippen LogP contribution >= 0.6 is 0 Å². The molecule has 5 nitrogen and oxygen atoms in total. The smallest absolute Gasteiger partial charge is 0.309 e. The van der Waals surface area contributed by atoms with Crippen molar-refractivity contribution in [3.05, 3.63) is 34.9 Å². The van der Waals surface area contributed by atoms with Crippen molar-refractivity contribution in [1.29, 1.82) is 0 Å². The first-order valence-electron chi connectivity index (χ1n) is 12.3. The summed E-state index contributed by atoms with van der Waals surface area (Å²) in [7, 11) is 0. The van der Waals surface area contributed by atoms with Crippen LogP contribution in [0.1, 0.15) is 95.5 Å². The maximum absolute atomic E-state index is 13.3. The number of carboxylic acid groups (broad SMARTS) is 1. The molecule has 5 heteroatoms. The minimum Gasteiger partial charge on any atom is -0.504 e. The third-order valence-corrected chi connectivity index (χ3v) is 11.1. The monoisotopic (exact) mass is 452 g/mol. The molecule has 0 amide bonds. The number of carboxylic acids is 1. The van der Waals surface area contributed by atoms with Crippen LogP contribution in [-0.2, 0) is 10.2 Å². The van der Waals surface area contributed by atoms with Gasteiger partial charge in [-0.15, -0.1) is 0 Å². The Morgan fingerprint density at radius 2 is 1.55 bits per heavy atom. The second-order valence-electron chi connectivity index (χ2n) is 12.7. The third kappa shape index (κ3) is 2.65. The second-order valence-corrected chi connectivity index (χ2v) is 12.7. The summed E-state index contributed by atoms with van der Waals surface area (Å²) in [6.45, 7) is 11.1. The van der Waals surface area contributed by atoms with E-state index in [0.29, 0.717) is 12.0 Å². The molecule has 1 aromatic rings. The van der Waals surface area contributed by atoms with Gasteiger partial charge in [-0.3, -0.25) is 9.59 Å². The van der Waals surface area contributed by atoms with E-state index in [1.54, 1.807) is 12.1 Å². The predicted octanol–water partition coefficient (Wildman–Crippen LogP) is 5.98. The van der Waals surface area contributed by atoms with E-state index in [1.165, 1.54) is 6.07 Å². The molecule has 6 atom stereocenters. The Morgan fingerprint density at radius 3 is 2.21 bits per heavy atom. The number of ketones is 1. The summed E-state index contributed by atoms with van der Waals surface area (Å²) in [4.78, 5) is 25.5. The Bertz CT molecular complexity index is 1120. The summed E-state index contributed by atoms with van der Waals surface area (Å²) in [5, 5.41) is 30.3. The zero-order chi connectivity index (χ0) is 24.2. The summed E-state index contributed by atoms with van der Waals surface area (Å²) < 4.78 is 0. The Hall–Kier alpha value is -2.30. The highest BCUT2D eigenvalue weighted by Crippen LogP contribution is 2.74. The fourth-order valence-corrected chi connectivity index (χ4v) is 8.42. The lowest BCUT2D eigenvalue weighted by atomic mass is 9.34. The Balaban J connectivity index is 1.66. The van der Waals surface area contributed by atoms with Gasteiger partial charge in [-0.2, -0.15) is 0 Å². The van der Waals surface area contributed by atoms with Gasteiger partial charge in [0.25, 0.3) is 0 Å². The van der Waals surface area contributed by atoms with Crippen molar-refractivity contribution in [3.8, 4) is 11.5 Å². The molecule has 3 fully saturated rings. The average Bonchev–Trinajstić information content (AvgIpc) is 2.75. The van der Waals surface area contributed by atoms with E-state index in [9.17, 15) is 24.9 Å². The molecule has 3 saturated carbocycles. The molecule has 0 radical (unpaired) electrons. The number of hydrogen-bond acceptors (Lipinski definition) is 4. The molecule has 1 aromatic carbocycles. The summed E-state index contributed by atoms with van der Waals surface area (Å²) in [5.74, 6) is -1.02. The lowest BCUT2D eigenvalue weighted by molar-refractivity contribution is -0.177. The standard InChI is InChI=1S/C28H36O5/c1-24-6-7-25(2,23(32)33)15-22(24)28(5)11-9-26(3)17-13-20(31)19(30)12-16(17)18(29)14-21(26)27(28,4)10-8-24/h12-14,22,30-31H,6-11,15H2,1-5H3,(H,32,33)/t22-,24-,25-,26-,27-,28-/m1/s1. The van der Waals surface area contributed by atoms with E-state index in [4.69, 9.17) is 0 Å².